The second-order valence-electron chi connectivity index (χ2n) is 4.77. The summed E-state index contributed by atoms with van der Waals surface area (Å²) in [6, 6.07) is 10.8. The highest BCUT2D eigenvalue weighted by atomic mass is 35.5. The predicted octanol–water partition coefficient (Wildman–Crippen LogP) is 2.67. The topological polar surface area (TPSA) is 90.2 Å². The number of halogens is 1. The second-order valence-corrected chi connectivity index (χ2v) is 4.77. The van der Waals surface area contributed by atoms with Crippen LogP contribution in [0.3, 0.4) is 0 Å². The van der Waals surface area contributed by atoms with Gasteiger partial charge in [-0.2, -0.15) is 0 Å². The minimum absolute atomic E-state index is 0. The quantitative estimate of drug-likeness (QED) is 0.751. The number of benzene rings is 2. The average molecular weight is 334 g/mol. The highest BCUT2D eigenvalue weighted by Crippen LogP contribution is 2.26. The number of methoxy groups -OCH3 is 1. The SMILES string of the molecule is COc1ccc(COc2cc(C(N)=O)cc3[nH]cnc23)cc1.Cl. The molecule has 0 aliphatic rings. The molecule has 1 amide bonds. The van der Waals surface area contributed by atoms with Crippen LogP contribution in [-0.2, 0) is 6.61 Å². The Hall–Kier alpha value is -2.73. The van der Waals surface area contributed by atoms with Gasteiger partial charge in [0.15, 0.2) is 0 Å². The van der Waals surface area contributed by atoms with Crippen molar-refractivity contribution in [2.24, 2.45) is 5.73 Å². The van der Waals surface area contributed by atoms with Gasteiger partial charge in [0.2, 0.25) is 5.91 Å². The molecule has 6 nitrogen and oxygen atoms in total. The predicted molar refractivity (Wildman–Crippen MR) is 89.2 cm³/mol. The van der Waals surface area contributed by atoms with E-state index in [0.717, 1.165) is 11.3 Å². The number of aromatic amines is 1. The summed E-state index contributed by atoms with van der Waals surface area (Å²) in [5, 5.41) is 0. The highest BCUT2D eigenvalue weighted by Gasteiger charge is 2.11. The van der Waals surface area contributed by atoms with E-state index in [9.17, 15) is 4.79 Å². The van der Waals surface area contributed by atoms with E-state index in [-0.39, 0.29) is 12.4 Å². The molecule has 0 saturated carbocycles. The van der Waals surface area contributed by atoms with Crippen molar-refractivity contribution in [3.05, 3.63) is 53.9 Å². The number of hydrogen-bond donors (Lipinski definition) is 2. The zero-order valence-corrected chi connectivity index (χ0v) is 13.2. The first-order valence-corrected chi connectivity index (χ1v) is 6.70. The molecule has 3 N–H and O–H groups in total. The lowest BCUT2D eigenvalue weighted by atomic mass is 10.1. The number of H-pyrrole nitrogens is 1. The molecule has 0 aliphatic heterocycles. The summed E-state index contributed by atoms with van der Waals surface area (Å²) in [5.74, 6) is 0.795. The van der Waals surface area contributed by atoms with Crippen LogP contribution in [0.25, 0.3) is 11.0 Å². The van der Waals surface area contributed by atoms with Gasteiger partial charge in [0, 0.05) is 5.56 Å². The summed E-state index contributed by atoms with van der Waals surface area (Å²) in [6.07, 6.45) is 1.55. The third-order valence-corrected chi connectivity index (χ3v) is 3.33. The number of hydrogen-bond acceptors (Lipinski definition) is 4. The van der Waals surface area contributed by atoms with Crippen LogP contribution in [0.5, 0.6) is 11.5 Å². The van der Waals surface area contributed by atoms with Gasteiger partial charge in [-0.3, -0.25) is 4.79 Å². The van der Waals surface area contributed by atoms with Crippen LogP contribution in [0.1, 0.15) is 15.9 Å². The third-order valence-electron chi connectivity index (χ3n) is 3.33. The lowest BCUT2D eigenvalue weighted by Crippen LogP contribution is -2.11. The molecule has 0 bridgehead atoms. The first kappa shape index (κ1) is 16.6. The van der Waals surface area contributed by atoms with Crippen molar-refractivity contribution in [2.45, 2.75) is 6.61 Å². The molecule has 120 valence electrons. The maximum atomic E-state index is 11.4. The number of carbonyl (C=O) groups excluding carboxylic acids is 1. The van der Waals surface area contributed by atoms with Gasteiger partial charge in [0.25, 0.3) is 0 Å². The number of imidazole rings is 1. The van der Waals surface area contributed by atoms with Crippen LogP contribution in [0.4, 0.5) is 0 Å². The van der Waals surface area contributed by atoms with E-state index in [1.54, 1.807) is 25.6 Å². The maximum absolute atomic E-state index is 11.4. The number of rotatable bonds is 5. The lowest BCUT2D eigenvalue weighted by Gasteiger charge is -2.09. The van der Waals surface area contributed by atoms with Crippen LogP contribution in [0, 0.1) is 0 Å². The van der Waals surface area contributed by atoms with Crippen molar-refractivity contribution in [1.29, 1.82) is 0 Å². The number of carbonyl (C=O) groups is 1. The van der Waals surface area contributed by atoms with Crippen molar-refractivity contribution in [3.8, 4) is 11.5 Å². The van der Waals surface area contributed by atoms with Crippen molar-refractivity contribution >= 4 is 29.3 Å². The lowest BCUT2D eigenvalue weighted by molar-refractivity contribution is 0.1000. The molecule has 0 spiro atoms. The molecule has 1 aromatic heterocycles. The molecule has 0 atom stereocenters. The Kier molecular flexibility index (Phi) is 5.08. The van der Waals surface area contributed by atoms with Crippen LogP contribution in [-0.4, -0.2) is 23.0 Å². The number of nitrogens with one attached hydrogen (secondary N) is 1. The Labute approximate surface area is 139 Å². The van der Waals surface area contributed by atoms with Gasteiger partial charge < -0.3 is 20.2 Å². The summed E-state index contributed by atoms with van der Waals surface area (Å²) in [4.78, 5) is 18.5. The summed E-state index contributed by atoms with van der Waals surface area (Å²) < 4.78 is 10.9. The van der Waals surface area contributed by atoms with Gasteiger partial charge in [-0.15, -0.1) is 12.4 Å². The van der Waals surface area contributed by atoms with Crippen LogP contribution in [0.2, 0.25) is 0 Å². The number of fused-ring (bicyclic) bond motifs is 1. The molecule has 7 heteroatoms. The number of primary amides is 1. The number of amides is 1. The first-order chi connectivity index (χ1) is 10.7. The van der Waals surface area contributed by atoms with Crippen molar-refractivity contribution in [3.63, 3.8) is 0 Å². The van der Waals surface area contributed by atoms with E-state index in [1.807, 2.05) is 24.3 Å². The molecule has 1 heterocycles. The smallest absolute Gasteiger partial charge is 0.248 e. The number of aromatic nitrogens is 2. The molecule has 0 saturated heterocycles. The number of nitrogens with two attached hydrogens (primary N) is 1. The zero-order valence-electron chi connectivity index (χ0n) is 12.4. The summed E-state index contributed by atoms with van der Waals surface area (Å²) in [6.45, 7) is 0.355. The van der Waals surface area contributed by atoms with E-state index in [0.29, 0.717) is 29.0 Å². The summed E-state index contributed by atoms with van der Waals surface area (Å²) >= 11 is 0. The van der Waals surface area contributed by atoms with E-state index < -0.39 is 5.91 Å². The monoisotopic (exact) mass is 333 g/mol. The maximum Gasteiger partial charge on any atom is 0.248 e. The fourth-order valence-electron chi connectivity index (χ4n) is 2.15. The molecule has 3 aromatic rings. The standard InChI is InChI=1S/C16H15N3O3.ClH/c1-21-12-4-2-10(3-5-12)8-22-14-7-11(16(17)20)6-13-15(14)19-9-18-13;/h2-7,9H,8H2,1H3,(H2,17,20)(H,18,19);1H. The fourth-order valence-corrected chi connectivity index (χ4v) is 2.15. The highest BCUT2D eigenvalue weighted by molar-refractivity contribution is 5.98. The largest absolute Gasteiger partial charge is 0.497 e. The minimum atomic E-state index is -0.509. The van der Waals surface area contributed by atoms with Gasteiger partial charge in [-0.05, 0) is 29.8 Å². The molecule has 0 unspecified atom stereocenters. The van der Waals surface area contributed by atoms with E-state index in [1.165, 1.54) is 0 Å². The number of nitrogens with zero attached hydrogens (tertiary/aromatic N) is 1. The van der Waals surface area contributed by atoms with Gasteiger partial charge in [0.05, 0.1) is 19.0 Å². The zero-order chi connectivity index (χ0) is 15.5. The van der Waals surface area contributed by atoms with Crippen molar-refractivity contribution in [2.75, 3.05) is 7.11 Å². The normalized spacial score (nSPS) is 10.1. The molecule has 2 aromatic carbocycles. The van der Waals surface area contributed by atoms with Crippen LogP contribution < -0.4 is 15.2 Å². The Morgan fingerprint density at radius 1 is 1.26 bits per heavy atom. The van der Waals surface area contributed by atoms with Crippen molar-refractivity contribution < 1.29 is 14.3 Å². The molecule has 0 aliphatic carbocycles. The van der Waals surface area contributed by atoms with E-state index in [2.05, 4.69) is 9.97 Å². The minimum Gasteiger partial charge on any atom is -0.497 e. The molecule has 3 rings (SSSR count). The first-order valence-electron chi connectivity index (χ1n) is 6.70. The number of ether oxygens (including phenoxy) is 2. The summed E-state index contributed by atoms with van der Waals surface area (Å²) in [5.41, 5.74) is 8.07. The molecular formula is C16H16ClN3O3. The van der Waals surface area contributed by atoms with Gasteiger partial charge in [0.1, 0.15) is 23.6 Å². The fraction of sp³-hybridized carbons (Fsp3) is 0.125. The third kappa shape index (κ3) is 3.54. The second kappa shape index (κ2) is 7.02. The van der Waals surface area contributed by atoms with Gasteiger partial charge in [-0.1, -0.05) is 12.1 Å². The van der Waals surface area contributed by atoms with Crippen LogP contribution in [0.15, 0.2) is 42.7 Å². The molecule has 0 fully saturated rings. The Balaban J connectivity index is 0.00000192. The molecule has 0 radical (unpaired) electrons. The van der Waals surface area contributed by atoms with Gasteiger partial charge >= 0.3 is 0 Å². The average Bonchev–Trinajstić information content (AvgIpc) is 3.01. The molecule has 23 heavy (non-hydrogen) atoms. The Bertz CT molecular complexity index is 815. The Morgan fingerprint density at radius 2 is 2.00 bits per heavy atom. The summed E-state index contributed by atoms with van der Waals surface area (Å²) in [7, 11) is 1.62. The van der Waals surface area contributed by atoms with Crippen LogP contribution >= 0.6 is 12.4 Å². The van der Waals surface area contributed by atoms with Crippen molar-refractivity contribution in [1.82, 2.24) is 9.97 Å². The molecular weight excluding hydrogens is 318 g/mol. The van der Waals surface area contributed by atoms with Gasteiger partial charge in [-0.25, -0.2) is 4.98 Å². The van der Waals surface area contributed by atoms with E-state index >= 15 is 0 Å². The van der Waals surface area contributed by atoms with E-state index in [4.69, 9.17) is 15.2 Å². The Morgan fingerprint density at radius 3 is 2.65 bits per heavy atom.